The molecule has 35 heavy (non-hydrogen) atoms. The van der Waals surface area contributed by atoms with Gasteiger partial charge in [-0.15, -0.1) is 0 Å². The number of likely N-dealkylation sites (N-methyl/N-ethyl adjacent to an activating group) is 1. The second kappa shape index (κ2) is 11.5. The van der Waals surface area contributed by atoms with Gasteiger partial charge in [-0.1, -0.05) is 48.5 Å². The Morgan fingerprint density at radius 2 is 1.49 bits per heavy atom. The second-order valence-electron chi connectivity index (χ2n) is 7.82. The third-order valence-corrected chi connectivity index (χ3v) is 7.37. The maximum absolute atomic E-state index is 13.6. The molecule has 2 amide bonds. The van der Waals surface area contributed by atoms with Gasteiger partial charge in [0.05, 0.1) is 17.7 Å². The first-order valence-corrected chi connectivity index (χ1v) is 12.5. The van der Waals surface area contributed by atoms with E-state index in [0.29, 0.717) is 11.4 Å². The molecule has 0 heterocycles. The summed E-state index contributed by atoms with van der Waals surface area (Å²) in [6, 6.07) is 22.7. The van der Waals surface area contributed by atoms with Gasteiger partial charge < -0.3 is 15.0 Å². The Hall–Kier alpha value is -3.85. The largest absolute Gasteiger partial charge is 0.497 e. The van der Waals surface area contributed by atoms with Crippen LogP contribution in [0.1, 0.15) is 12.5 Å². The predicted molar refractivity (Wildman–Crippen MR) is 134 cm³/mol. The molecular weight excluding hydrogens is 466 g/mol. The molecule has 9 heteroatoms. The molecule has 0 radical (unpaired) electrons. The highest BCUT2D eigenvalue weighted by Gasteiger charge is 2.32. The monoisotopic (exact) mass is 495 g/mol. The molecule has 3 aromatic rings. The van der Waals surface area contributed by atoms with Crippen molar-refractivity contribution in [1.82, 2.24) is 10.2 Å². The SMILES string of the molecule is CNC(=O)[C@@H](C)N(Cc1ccccc1)C(=O)CN(c1ccc(OC)cc1)S(=O)(=O)c1ccccc1. The van der Waals surface area contributed by atoms with Crippen molar-refractivity contribution >= 4 is 27.5 Å². The summed E-state index contributed by atoms with van der Waals surface area (Å²) in [5.41, 5.74) is 1.12. The molecule has 0 spiro atoms. The van der Waals surface area contributed by atoms with Crippen molar-refractivity contribution in [3.63, 3.8) is 0 Å². The van der Waals surface area contributed by atoms with Crippen LogP contribution >= 0.6 is 0 Å². The van der Waals surface area contributed by atoms with Gasteiger partial charge in [0, 0.05) is 13.6 Å². The van der Waals surface area contributed by atoms with E-state index in [9.17, 15) is 18.0 Å². The number of methoxy groups -OCH3 is 1. The highest BCUT2D eigenvalue weighted by Crippen LogP contribution is 2.26. The number of hydrogen-bond donors (Lipinski definition) is 1. The van der Waals surface area contributed by atoms with Gasteiger partial charge in [0.25, 0.3) is 10.0 Å². The van der Waals surface area contributed by atoms with Crippen LogP contribution in [0, 0.1) is 0 Å². The molecule has 0 fully saturated rings. The fourth-order valence-corrected chi connectivity index (χ4v) is 5.00. The van der Waals surface area contributed by atoms with Crippen LogP contribution in [0.25, 0.3) is 0 Å². The number of anilines is 1. The molecule has 0 bridgehead atoms. The lowest BCUT2D eigenvalue weighted by Crippen LogP contribution is -2.50. The molecule has 0 unspecified atom stereocenters. The lowest BCUT2D eigenvalue weighted by atomic mass is 10.1. The van der Waals surface area contributed by atoms with Crippen LogP contribution in [0.5, 0.6) is 5.75 Å². The maximum atomic E-state index is 13.6. The summed E-state index contributed by atoms with van der Waals surface area (Å²) in [5, 5.41) is 2.56. The number of rotatable bonds is 10. The minimum atomic E-state index is -4.08. The van der Waals surface area contributed by atoms with Gasteiger partial charge in [0.15, 0.2) is 0 Å². The zero-order valence-corrected chi connectivity index (χ0v) is 20.7. The van der Waals surface area contributed by atoms with Crippen LogP contribution < -0.4 is 14.4 Å². The van der Waals surface area contributed by atoms with Gasteiger partial charge in [-0.25, -0.2) is 8.42 Å². The molecule has 0 aromatic heterocycles. The third-order valence-electron chi connectivity index (χ3n) is 5.58. The van der Waals surface area contributed by atoms with Crippen LogP contribution in [-0.2, 0) is 26.2 Å². The summed E-state index contributed by atoms with van der Waals surface area (Å²) in [7, 11) is -1.08. The number of carbonyl (C=O) groups is 2. The molecule has 1 N–H and O–H groups in total. The van der Waals surface area contributed by atoms with Gasteiger partial charge in [-0.3, -0.25) is 13.9 Å². The Kier molecular flexibility index (Phi) is 8.48. The minimum absolute atomic E-state index is 0.0533. The third kappa shape index (κ3) is 6.19. The number of carbonyl (C=O) groups excluding carboxylic acids is 2. The average Bonchev–Trinajstić information content (AvgIpc) is 2.90. The molecular formula is C26H29N3O5S. The van der Waals surface area contributed by atoms with Crippen LogP contribution in [0.15, 0.2) is 89.8 Å². The molecule has 8 nitrogen and oxygen atoms in total. The Morgan fingerprint density at radius 3 is 2.03 bits per heavy atom. The fourth-order valence-electron chi connectivity index (χ4n) is 3.57. The van der Waals surface area contributed by atoms with Crippen molar-refractivity contribution in [1.29, 1.82) is 0 Å². The lowest BCUT2D eigenvalue weighted by Gasteiger charge is -2.31. The zero-order chi connectivity index (χ0) is 25.4. The van der Waals surface area contributed by atoms with E-state index in [-0.39, 0.29) is 17.3 Å². The van der Waals surface area contributed by atoms with Crippen molar-refractivity contribution in [2.45, 2.75) is 24.4 Å². The Morgan fingerprint density at radius 1 is 0.914 bits per heavy atom. The summed E-state index contributed by atoms with van der Waals surface area (Å²) in [6.07, 6.45) is 0. The van der Waals surface area contributed by atoms with Gasteiger partial charge in [-0.2, -0.15) is 0 Å². The number of nitrogens with one attached hydrogen (secondary N) is 1. The van der Waals surface area contributed by atoms with Gasteiger partial charge >= 0.3 is 0 Å². The highest BCUT2D eigenvalue weighted by molar-refractivity contribution is 7.92. The number of sulfonamides is 1. The number of hydrogen-bond acceptors (Lipinski definition) is 5. The van der Waals surface area contributed by atoms with Crippen LogP contribution in [0.3, 0.4) is 0 Å². The van der Waals surface area contributed by atoms with Crippen molar-refractivity contribution in [3.8, 4) is 5.75 Å². The maximum Gasteiger partial charge on any atom is 0.264 e. The van der Waals surface area contributed by atoms with Gasteiger partial charge in [0.2, 0.25) is 11.8 Å². The minimum Gasteiger partial charge on any atom is -0.497 e. The Balaban J connectivity index is 2.01. The molecule has 3 aromatic carbocycles. The number of benzene rings is 3. The highest BCUT2D eigenvalue weighted by atomic mass is 32.2. The van der Waals surface area contributed by atoms with E-state index >= 15 is 0 Å². The topological polar surface area (TPSA) is 96.0 Å². The van der Waals surface area contributed by atoms with Crippen LogP contribution in [-0.4, -0.2) is 51.9 Å². The molecule has 0 aliphatic heterocycles. The summed E-state index contributed by atoms with van der Waals surface area (Å²) in [5.74, 6) is -0.312. The fraction of sp³-hybridized carbons (Fsp3) is 0.231. The first-order chi connectivity index (χ1) is 16.8. The standard InChI is InChI=1S/C26H29N3O5S/c1-20(26(31)27-2)28(18-21-10-6-4-7-11-21)25(30)19-29(22-14-16-23(34-3)17-15-22)35(32,33)24-12-8-5-9-13-24/h4-17,20H,18-19H2,1-3H3,(H,27,31)/t20-/m1/s1. The van der Waals surface area contributed by atoms with Crippen molar-refractivity contribution in [2.24, 2.45) is 0 Å². The average molecular weight is 496 g/mol. The van der Waals surface area contributed by atoms with Crippen molar-refractivity contribution in [2.75, 3.05) is 25.0 Å². The Bertz CT molecular complexity index is 1230. The van der Waals surface area contributed by atoms with Gasteiger partial charge in [0.1, 0.15) is 18.3 Å². The molecule has 0 aliphatic carbocycles. The quantitative estimate of drug-likeness (QED) is 0.466. The van der Waals surface area contributed by atoms with E-state index in [1.807, 2.05) is 30.3 Å². The summed E-state index contributed by atoms with van der Waals surface area (Å²) in [4.78, 5) is 27.5. The van der Waals surface area contributed by atoms with E-state index in [1.54, 1.807) is 49.4 Å². The molecule has 0 aliphatic rings. The first kappa shape index (κ1) is 25.8. The van der Waals surface area contributed by atoms with Gasteiger partial charge in [-0.05, 0) is 48.9 Å². The van der Waals surface area contributed by atoms with E-state index in [1.165, 1.54) is 31.2 Å². The number of ether oxygens (including phenoxy) is 1. The Labute approximate surface area is 206 Å². The van der Waals surface area contributed by atoms with Crippen molar-refractivity contribution in [3.05, 3.63) is 90.5 Å². The molecule has 184 valence electrons. The molecule has 3 rings (SSSR count). The van der Waals surface area contributed by atoms with E-state index in [0.717, 1.165) is 9.87 Å². The smallest absolute Gasteiger partial charge is 0.264 e. The van der Waals surface area contributed by atoms with E-state index in [4.69, 9.17) is 4.74 Å². The summed E-state index contributed by atoms with van der Waals surface area (Å²) in [6.45, 7) is 1.27. The number of amides is 2. The summed E-state index contributed by atoms with van der Waals surface area (Å²) >= 11 is 0. The first-order valence-electron chi connectivity index (χ1n) is 11.0. The second-order valence-corrected chi connectivity index (χ2v) is 9.68. The number of nitrogens with zero attached hydrogens (tertiary/aromatic N) is 2. The lowest BCUT2D eigenvalue weighted by molar-refractivity contribution is -0.139. The predicted octanol–water partition coefficient (Wildman–Crippen LogP) is 3.05. The molecule has 1 atom stereocenters. The van der Waals surface area contributed by atoms with Crippen LogP contribution in [0.4, 0.5) is 5.69 Å². The van der Waals surface area contributed by atoms with Crippen LogP contribution in [0.2, 0.25) is 0 Å². The normalized spacial score (nSPS) is 11.9. The van der Waals surface area contributed by atoms with E-state index in [2.05, 4.69) is 5.32 Å². The summed E-state index contributed by atoms with van der Waals surface area (Å²) < 4.78 is 33.5. The van der Waals surface area contributed by atoms with Crippen molar-refractivity contribution < 1.29 is 22.7 Å². The molecule has 0 saturated carbocycles. The van der Waals surface area contributed by atoms with E-state index < -0.39 is 28.5 Å². The molecule has 0 saturated heterocycles. The zero-order valence-electron chi connectivity index (χ0n) is 19.9.